The molecule has 0 radical (unpaired) electrons. The highest BCUT2D eigenvalue weighted by molar-refractivity contribution is 4.87. The molecule has 2 unspecified atom stereocenters. The zero-order valence-electron chi connectivity index (χ0n) is 6.25. The third-order valence-electron chi connectivity index (χ3n) is 2.93. The maximum Gasteiger partial charge on any atom is 0.0621 e. The van der Waals surface area contributed by atoms with Crippen LogP contribution in [0.3, 0.4) is 0 Å². The molecule has 2 aliphatic rings. The fourth-order valence-corrected chi connectivity index (χ4v) is 1.94. The summed E-state index contributed by atoms with van der Waals surface area (Å²) < 4.78 is 5.30. The third-order valence-corrected chi connectivity index (χ3v) is 2.93. The minimum atomic E-state index is 0.338. The first kappa shape index (κ1) is 6.62. The zero-order chi connectivity index (χ0) is 6.97. The standard InChI is InChI=1S/C8H15NO/c9-8-5-10-4-7(8)6-2-1-3-6/h6-8H,1-5,9H2. The molecule has 2 fully saturated rings. The smallest absolute Gasteiger partial charge is 0.0621 e. The van der Waals surface area contributed by atoms with Gasteiger partial charge in [-0.25, -0.2) is 0 Å². The first-order valence-electron chi connectivity index (χ1n) is 4.21. The van der Waals surface area contributed by atoms with Gasteiger partial charge in [0.2, 0.25) is 0 Å². The van der Waals surface area contributed by atoms with Crippen molar-refractivity contribution in [3.8, 4) is 0 Å². The average molecular weight is 141 g/mol. The predicted octanol–water partition coefficient (Wildman–Crippen LogP) is 0.760. The van der Waals surface area contributed by atoms with Crippen LogP contribution in [-0.4, -0.2) is 19.3 Å². The van der Waals surface area contributed by atoms with E-state index in [0.29, 0.717) is 12.0 Å². The molecule has 1 aliphatic carbocycles. The summed E-state index contributed by atoms with van der Waals surface area (Å²) in [5.74, 6) is 1.59. The van der Waals surface area contributed by atoms with Gasteiger partial charge in [0.1, 0.15) is 0 Å². The highest BCUT2D eigenvalue weighted by Crippen LogP contribution is 2.36. The summed E-state index contributed by atoms with van der Waals surface area (Å²) in [5, 5.41) is 0. The van der Waals surface area contributed by atoms with Gasteiger partial charge in [0, 0.05) is 12.0 Å². The topological polar surface area (TPSA) is 35.2 Å². The lowest BCUT2D eigenvalue weighted by Gasteiger charge is -2.32. The number of hydrogen-bond acceptors (Lipinski definition) is 2. The fraction of sp³-hybridized carbons (Fsp3) is 1.00. The molecule has 1 saturated heterocycles. The summed E-state index contributed by atoms with van der Waals surface area (Å²) in [6.07, 6.45) is 4.19. The summed E-state index contributed by atoms with van der Waals surface area (Å²) >= 11 is 0. The van der Waals surface area contributed by atoms with E-state index >= 15 is 0 Å². The van der Waals surface area contributed by atoms with E-state index in [0.717, 1.165) is 19.1 Å². The summed E-state index contributed by atoms with van der Waals surface area (Å²) in [7, 11) is 0. The summed E-state index contributed by atoms with van der Waals surface area (Å²) in [5.41, 5.74) is 5.86. The second kappa shape index (κ2) is 2.51. The lowest BCUT2D eigenvalue weighted by molar-refractivity contribution is 0.145. The quantitative estimate of drug-likeness (QED) is 0.585. The minimum Gasteiger partial charge on any atom is -0.379 e. The van der Waals surface area contributed by atoms with Gasteiger partial charge in [0.15, 0.2) is 0 Å². The first-order valence-corrected chi connectivity index (χ1v) is 4.21. The molecule has 58 valence electrons. The van der Waals surface area contributed by atoms with Crippen LogP contribution in [0.2, 0.25) is 0 Å². The van der Waals surface area contributed by atoms with E-state index < -0.39 is 0 Å². The van der Waals surface area contributed by atoms with Crippen LogP contribution in [-0.2, 0) is 4.74 Å². The number of hydrogen-bond donors (Lipinski definition) is 1. The van der Waals surface area contributed by atoms with Crippen molar-refractivity contribution in [3.05, 3.63) is 0 Å². The molecule has 0 aromatic rings. The highest BCUT2D eigenvalue weighted by atomic mass is 16.5. The van der Waals surface area contributed by atoms with E-state index in [9.17, 15) is 0 Å². The van der Waals surface area contributed by atoms with Crippen molar-refractivity contribution in [1.82, 2.24) is 0 Å². The Balaban J connectivity index is 1.90. The number of ether oxygens (including phenoxy) is 1. The van der Waals surface area contributed by atoms with Gasteiger partial charge < -0.3 is 10.5 Å². The molecule has 2 rings (SSSR count). The number of rotatable bonds is 1. The van der Waals surface area contributed by atoms with Crippen LogP contribution in [0.5, 0.6) is 0 Å². The Labute approximate surface area is 61.7 Å². The molecule has 0 aromatic carbocycles. The lowest BCUT2D eigenvalue weighted by Crippen LogP contribution is -2.36. The molecule has 2 heteroatoms. The van der Waals surface area contributed by atoms with Crippen molar-refractivity contribution in [2.75, 3.05) is 13.2 Å². The van der Waals surface area contributed by atoms with Gasteiger partial charge in [-0.3, -0.25) is 0 Å². The summed E-state index contributed by atoms with van der Waals surface area (Å²) in [4.78, 5) is 0. The molecule has 2 nitrogen and oxygen atoms in total. The highest BCUT2D eigenvalue weighted by Gasteiger charge is 2.35. The second-order valence-electron chi connectivity index (χ2n) is 3.56. The average Bonchev–Trinajstić information content (AvgIpc) is 2.12. The first-order chi connectivity index (χ1) is 4.88. The van der Waals surface area contributed by atoms with E-state index in [1.807, 2.05) is 0 Å². The van der Waals surface area contributed by atoms with Gasteiger partial charge in [0.05, 0.1) is 13.2 Å². The van der Waals surface area contributed by atoms with E-state index in [4.69, 9.17) is 10.5 Å². The van der Waals surface area contributed by atoms with Crippen LogP contribution in [0, 0.1) is 11.8 Å². The van der Waals surface area contributed by atoms with Gasteiger partial charge >= 0.3 is 0 Å². The Bertz CT molecular complexity index is 122. The monoisotopic (exact) mass is 141 g/mol. The Morgan fingerprint density at radius 2 is 2.00 bits per heavy atom. The molecule has 2 N–H and O–H groups in total. The van der Waals surface area contributed by atoms with Crippen molar-refractivity contribution in [2.45, 2.75) is 25.3 Å². The molecule has 2 atom stereocenters. The second-order valence-corrected chi connectivity index (χ2v) is 3.56. The minimum absolute atomic E-state index is 0.338. The Kier molecular flexibility index (Phi) is 1.66. The van der Waals surface area contributed by atoms with Crippen LogP contribution in [0.4, 0.5) is 0 Å². The van der Waals surface area contributed by atoms with Crippen molar-refractivity contribution < 1.29 is 4.74 Å². The van der Waals surface area contributed by atoms with Crippen LogP contribution in [0.1, 0.15) is 19.3 Å². The summed E-state index contributed by atoms with van der Waals surface area (Å²) in [6, 6.07) is 0.338. The molecule has 0 bridgehead atoms. The van der Waals surface area contributed by atoms with Gasteiger partial charge in [0.25, 0.3) is 0 Å². The van der Waals surface area contributed by atoms with Crippen molar-refractivity contribution in [1.29, 1.82) is 0 Å². The lowest BCUT2D eigenvalue weighted by atomic mass is 9.74. The maximum absolute atomic E-state index is 5.86. The van der Waals surface area contributed by atoms with Gasteiger partial charge in [-0.05, 0) is 5.92 Å². The van der Waals surface area contributed by atoms with Crippen molar-refractivity contribution in [3.63, 3.8) is 0 Å². The largest absolute Gasteiger partial charge is 0.379 e. The van der Waals surface area contributed by atoms with E-state index in [2.05, 4.69) is 0 Å². The van der Waals surface area contributed by atoms with Crippen molar-refractivity contribution in [2.24, 2.45) is 17.6 Å². The molecule has 0 spiro atoms. The third kappa shape index (κ3) is 0.956. The van der Waals surface area contributed by atoms with Crippen LogP contribution in [0.25, 0.3) is 0 Å². The van der Waals surface area contributed by atoms with E-state index in [1.165, 1.54) is 19.3 Å². The maximum atomic E-state index is 5.86. The predicted molar refractivity (Wildman–Crippen MR) is 39.6 cm³/mol. The van der Waals surface area contributed by atoms with Crippen LogP contribution in [0.15, 0.2) is 0 Å². The molecule has 10 heavy (non-hydrogen) atoms. The fourth-order valence-electron chi connectivity index (χ4n) is 1.94. The normalized spacial score (nSPS) is 41.7. The molecular formula is C8H15NO. The SMILES string of the molecule is NC1COCC1C1CCC1. The van der Waals surface area contributed by atoms with Gasteiger partial charge in [-0.1, -0.05) is 19.3 Å². The Morgan fingerprint density at radius 3 is 2.40 bits per heavy atom. The van der Waals surface area contributed by atoms with E-state index in [1.54, 1.807) is 0 Å². The molecule has 1 saturated carbocycles. The molecule has 0 amide bonds. The Morgan fingerprint density at radius 1 is 1.20 bits per heavy atom. The summed E-state index contributed by atoms with van der Waals surface area (Å²) in [6.45, 7) is 1.72. The molecule has 1 aliphatic heterocycles. The zero-order valence-corrected chi connectivity index (χ0v) is 6.25. The molecular weight excluding hydrogens is 126 g/mol. The molecule has 1 heterocycles. The Hall–Kier alpha value is -0.0800. The van der Waals surface area contributed by atoms with Crippen molar-refractivity contribution >= 4 is 0 Å². The molecule has 0 aromatic heterocycles. The van der Waals surface area contributed by atoms with Gasteiger partial charge in [-0.2, -0.15) is 0 Å². The van der Waals surface area contributed by atoms with Gasteiger partial charge in [-0.15, -0.1) is 0 Å². The number of nitrogens with two attached hydrogens (primary N) is 1. The van der Waals surface area contributed by atoms with Crippen LogP contribution >= 0.6 is 0 Å². The van der Waals surface area contributed by atoms with Crippen LogP contribution < -0.4 is 5.73 Å². The van der Waals surface area contributed by atoms with E-state index in [-0.39, 0.29) is 0 Å².